The topological polar surface area (TPSA) is 115 Å². The van der Waals surface area contributed by atoms with Gasteiger partial charge in [-0.25, -0.2) is 4.79 Å². The van der Waals surface area contributed by atoms with Gasteiger partial charge in [0.25, 0.3) is 0 Å². The van der Waals surface area contributed by atoms with Gasteiger partial charge in [-0.15, -0.1) is 0 Å². The van der Waals surface area contributed by atoms with Crippen molar-refractivity contribution in [3.63, 3.8) is 0 Å². The smallest absolute Gasteiger partial charge is 0.319 e. The molecule has 3 aromatic carbocycles. The number of anilines is 2. The van der Waals surface area contributed by atoms with Gasteiger partial charge in [-0.2, -0.15) is 0 Å². The van der Waals surface area contributed by atoms with Crippen molar-refractivity contribution in [3.05, 3.63) is 95.0 Å². The normalized spacial score (nSPS) is 14.3. The van der Waals surface area contributed by atoms with E-state index in [9.17, 15) is 14.4 Å². The molecule has 4 rings (SSSR count). The summed E-state index contributed by atoms with van der Waals surface area (Å²) in [7, 11) is 1.98. The fourth-order valence-corrected chi connectivity index (χ4v) is 4.13. The van der Waals surface area contributed by atoms with E-state index in [0.717, 1.165) is 30.1 Å². The van der Waals surface area contributed by atoms with Gasteiger partial charge in [-0.05, 0) is 54.1 Å². The molecule has 0 aromatic heterocycles. The molecular weight excluding hydrogens is 504 g/mol. The van der Waals surface area contributed by atoms with Crippen molar-refractivity contribution < 1.29 is 14.4 Å². The third kappa shape index (κ3) is 7.18. The molecule has 0 fully saturated rings. The van der Waals surface area contributed by atoms with Crippen LogP contribution in [0.25, 0.3) is 0 Å². The molecule has 1 aliphatic heterocycles. The van der Waals surface area contributed by atoms with Crippen LogP contribution >= 0.6 is 11.6 Å². The van der Waals surface area contributed by atoms with Crippen LogP contribution in [0.5, 0.6) is 0 Å². The van der Waals surface area contributed by atoms with Gasteiger partial charge in [0.15, 0.2) is 0 Å². The van der Waals surface area contributed by atoms with E-state index < -0.39 is 24.0 Å². The van der Waals surface area contributed by atoms with Crippen LogP contribution in [0.2, 0.25) is 5.02 Å². The molecule has 3 aromatic rings. The maximum atomic E-state index is 13.3. The van der Waals surface area contributed by atoms with E-state index in [1.165, 1.54) is 0 Å². The molecule has 0 spiro atoms. The van der Waals surface area contributed by atoms with Crippen LogP contribution in [0.15, 0.2) is 83.9 Å². The lowest BCUT2D eigenvalue weighted by Crippen LogP contribution is -2.57. The molecule has 4 N–H and O–H groups in total. The second-order valence-electron chi connectivity index (χ2n) is 8.80. The molecule has 3 amide bonds. The maximum Gasteiger partial charge on any atom is 0.319 e. The SMILES string of the molecule is CN1CCN=C1c1ccc(NC(=O)C(NC(=O)Nc2ccc(Cl)cc2)C(C=O)NCc2ccccc2)cc1. The summed E-state index contributed by atoms with van der Waals surface area (Å²) in [4.78, 5) is 44.8. The summed E-state index contributed by atoms with van der Waals surface area (Å²) in [5, 5.41) is 11.7. The molecule has 10 heteroatoms. The van der Waals surface area contributed by atoms with Crippen molar-refractivity contribution in [2.75, 3.05) is 30.8 Å². The molecule has 9 nitrogen and oxygen atoms in total. The number of urea groups is 1. The summed E-state index contributed by atoms with van der Waals surface area (Å²) in [6.07, 6.45) is 0.618. The van der Waals surface area contributed by atoms with Crippen molar-refractivity contribution in [3.8, 4) is 0 Å². The molecule has 0 saturated heterocycles. The average molecular weight is 533 g/mol. The number of nitrogens with zero attached hydrogens (tertiary/aromatic N) is 2. The predicted octanol–water partition coefficient (Wildman–Crippen LogP) is 3.52. The fraction of sp³-hybridized carbons (Fsp3) is 0.214. The fourth-order valence-electron chi connectivity index (χ4n) is 4.00. The van der Waals surface area contributed by atoms with E-state index in [0.29, 0.717) is 29.2 Å². The highest BCUT2D eigenvalue weighted by molar-refractivity contribution is 6.30. The predicted molar refractivity (Wildman–Crippen MR) is 150 cm³/mol. The summed E-state index contributed by atoms with van der Waals surface area (Å²) >= 11 is 5.91. The number of amidine groups is 1. The Hall–Kier alpha value is -4.21. The zero-order valence-electron chi connectivity index (χ0n) is 20.9. The summed E-state index contributed by atoms with van der Waals surface area (Å²) in [6.45, 7) is 1.94. The Labute approximate surface area is 226 Å². The van der Waals surface area contributed by atoms with Gasteiger partial charge in [-0.3, -0.25) is 9.79 Å². The van der Waals surface area contributed by atoms with Crippen LogP contribution in [0.3, 0.4) is 0 Å². The van der Waals surface area contributed by atoms with Crippen LogP contribution < -0.4 is 21.3 Å². The highest BCUT2D eigenvalue weighted by Crippen LogP contribution is 2.16. The Kier molecular flexibility index (Phi) is 9.07. The Morgan fingerprint density at radius 1 is 0.974 bits per heavy atom. The lowest BCUT2D eigenvalue weighted by Gasteiger charge is -2.25. The number of hydrogen-bond donors (Lipinski definition) is 4. The number of aldehydes is 1. The van der Waals surface area contributed by atoms with Crippen LogP contribution in [-0.2, 0) is 16.1 Å². The minimum Gasteiger partial charge on any atom is -0.358 e. The number of aliphatic imine (C=N–C) groups is 1. The van der Waals surface area contributed by atoms with Crippen molar-refractivity contribution in [1.29, 1.82) is 0 Å². The third-order valence-corrected chi connectivity index (χ3v) is 6.28. The van der Waals surface area contributed by atoms with Gasteiger partial charge in [0.1, 0.15) is 18.2 Å². The zero-order chi connectivity index (χ0) is 26.9. The first-order valence-corrected chi connectivity index (χ1v) is 12.5. The molecule has 0 saturated carbocycles. The lowest BCUT2D eigenvalue weighted by molar-refractivity contribution is -0.121. The van der Waals surface area contributed by atoms with Crippen LogP contribution in [0.4, 0.5) is 16.2 Å². The van der Waals surface area contributed by atoms with Gasteiger partial charge < -0.3 is 31.0 Å². The first-order valence-electron chi connectivity index (χ1n) is 12.2. The number of rotatable bonds is 10. The Balaban J connectivity index is 1.48. The molecule has 0 aliphatic carbocycles. The van der Waals surface area contributed by atoms with Crippen LogP contribution in [0.1, 0.15) is 11.1 Å². The van der Waals surface area contributed by atoms with E-state index in [4.69, 9.17) is 11.6 Å². The molecule has 2 unspecified atom stereocenters. The summed E-state index contributed by atoms with van der Waals surface area (Å²) in [6, 6.07) is 20.4. The monoisotopic (exact) mass is 532 g/mol. The molecule has 38 heavy (non-hydrogen) atoms. The minimum absolute atomic E-state index is 0.332. The largest absolute Gasteiger partial charge is 0.358 e. The maximum absolute atomic E-state index is 13.3. The molecule has 1 heterocycles. The van der Waals surface area contributed by atoms with Crippen LogP contribution in [-0.4, -0.2) is 61.2 Å². The second-order valence-corrected chi connectivity index (χ2v) is 9.24. The number of benzene rings is 3. The van der Waals surface area contributed by atoms with Crippen molar-refractivity contribution in [1.82, 2.24) is 15.5 Å². The number of carbonyl (C=O) groups excluding carboxylic acids is 3. The van der Waals surface area contributed by atoms with E-state index in [2.05, 4.69) is 31.2 Å². The molecule has 0 radical (unpaired) electrons. The Morgan fingerprint density at radius 2 is 1.63 bits per heavy atom. The highest BCUT2D eigenvalue weighted by atomic mass is 35.5. The van der Waals surface area contributed by atoms with E-state index in [-0.39, 0.29) is 0 Å². The first kappa shape index (κ1) is 26.8. The van der Waals surface area contributed by atoms with Crippen molar-refractivity contribution in [2.24, 2.45) is 4.99 Å². The average Bonchev–Trinajstić information content (AvgIpc) is 3.36. The second kappa shape index (κ2) is 12.8. The van der Waals surface area contributed by atoms with E-state index in [1.807, 2.05) is 49.5 Å². The standard InChI is InChI=1S/C28H29ClN6O3/c1-35-16-15-30-26(35)20-7-11-22(12-8-20)32-27(37)25(24(18-36)31-17-19-5-3-2-4-6-19)34-28(38)33-23-13-9-21(29)10-14-23/h2-14,18,24-25,31H,15-17H2,1H3,(H,32,37)(H2,33,34,38). The summed E-state index contributed by atoms with van der Waals surface area (Å²) in [5.74, 6) is 0.351. The number of nitrogens with one attached hydrogen (secondary N) is 4. The summed E-state index contributed by atoms with van der Waals surface area (Å²) < 4.78 is 0. The van der Waals surface area contributed by atoms with E-state index in [1.54, 1.807) is 36.4 Å². The molecule has 2 atom stereocenters. The number of amides is 3. The Morgan fingerprint density at radius 3 is 2.26 bits per heavy atom. The van der Waals surface area contributed by atoms with E-state index >= 15 is 0 Å². The quantitative estimate of drug-likeness (QED) is 0.298. The van der Waals surface area contributed by atoms with Gasteiger partial charge in [0.2, 0.25) is 5.91 Å². The molecule has 196 valence electrons. The van der Waals surface area contributed by atoms with Gasteiger partial charge in [0.05, 0.1) is 12.6 Å². The van der Waals surface area contributed by atoms with Gasteiger partial charge in [0, 0.05) is 42.1 Å². The number of halogens is 1. The van der Waals surface area contributed by atoms with Crippen molar-refractivity contribution >= 4 is 47.0 Å². The van der Waals surface area contributed by atoms with Gasteiger partial charge in [-0.1, -0.05) is 41.9 Å². The highest BCUT2D eigenvalue weighted by Gasteiger charge is 2.30. The summed E-state index contributed by atoms with van der Waals surface area (Å²) in [5.41, 5.74) is 2.88. The first-order chi connectivity index (χ1) is 18.4. The number of hydrogen-bond acceptors (Lipinski definition) is 6. The van der Waals surface area contributed by atoms with Gasteiger partial charge >= 0.3 is 6.03 Å². The number of carbonyl (C=O) groups is 3. The van der Waals surface area contributed by atoms with Crippen molar-refractivity contribution in [2.45, 2.75) is 18.6 Å². The molecular formula is C28H29ClN6O3. The number of likely N-dealkylation sites (N-methyl/N-ethyl adjacent to an activating group) is 1. The molecule has 1 aliphatic rings. The lowest BCUT2D eigenvalue weighted by atomic mass is 10.1. The Bertz CT molecular complexity index is 1280. The zero-order valence-corrected chi connectivity index (χ0v) is 21.6. The molecule has 0 bridgehead atoms. The van der Waals surface area contributed by atoms with Crippen LogP contribution in [0, 0.1) is 0 Å². The third-order valence-electron chi connectivity index (χ3n) is 6.03. The minimum atomic E-state index is -1.20.